The molecule has 0 radical (unpaired) electrons. The molecule has 0 amide bonds. The zero-order valence-electron chi connectivity index (χ0n) is 10.6. The van der Waals surface area contributed by atoms with Crippen LogP contribution >= 0.6 is 11.3 Å². The highest BCUT2D eigenvalue weighted by Gasteiger charge is 2.03. The van der Waals surface area contributed by atoms with Crippen LogP contribution in [0.25, 0.3) is 10.1 Å². The SMILES string of the molecule is Cn1cc(NCc2csc3ccccc23)ccc1=O. The Kier molecular flexibility index (Phi) is 3.09. The van der Waals surface area contributed by atoms with Crippen molar-refractivity contribution in [3.63, 3.8) is 0 Å². The van der Waals surface area contributed by atoms with Gasteiger partial charge in [-0.1, -0.05) is 18.2 Å². The summed E-state index contributed by atoms with van der Waals surface area (Å²) in [6.07, 6.45) is 1.82. The summed E-state index contributed by atoms with van der Waals surface area (Å²) in [5.74, 6) is 0. The van der Waals surface area contributed by atoms with Crippen LogP contribution in [0.3, 0.4) is 0 Å². The molecular weight excluding hydrogens is 256 g/mol. The number of thiophene rings is 1. The number of fused-ring (bicyclic) bond motifs is 1. The van der Waals surface area contributed by atoms with Crippen LogP contribution in [0.1, 0.15) is 5.56 Å². The lowest BCUT2D eigenvalue weighted by atomic mass is 10.2. The third-order valence-electron chi connectivity index (χ3n) is 3.13. The van der Waals surface area contributed by atoms with Crippen LogP contribution in [0.15, 0.2) is 52.8 Å². The van der Waals surface area contributed by atoms with Gasteiger partial charge in [-0.05, 0) is 28.5 Å². The maximum absolute atomic E-state index is 11.3. The van der Waals surface area contributed by atoms with E-state index in [1.807, 2.05) is 12.3 Å². The summed E-state index contributed by atoms with van der Waals surface area (Å²) in [7, 11) is 1.76. The molecule has 0 unspecified atom stereocenters. The van der Waals surface area contributed by atoms with E-state index in [-0.39, 0.29) is 5.56 Å². The highest BCUT2D eigenvalue weighted by Crippen LogP contribution is 2.26. The van der Waals surface area contributed by atoms with E-state index in [1.165, 1.54) is 15.6 Å². The second kappa shape index (κ2) is 4.90. The minimum absolute atomic E-state index is 0.00605. The minimum atomic E-state index is 0.00605. The summed E-state index contributed by atoms with van der Waals surface area (Å²) >= 11 is 1.76. The van der Waals surface area contributed by atoms with Crippen molar-refractivity contribution in [3.8, 4) is 0 Å². The second-order valence-corrected chi connectivity index (χ2v) is 5.39. The molecule has 96 valence electrons. The van der Waals surface area contributed by atoms with Crippen LogP contribution in [-0.4, -0.2) is 4.57 Å². The number of benzene rings is 1. The summed E-state index contributed by atoms with van der Waals surface area (Å²) in [4.78, 5) is 11.3. The quantitative estimate of drug-likeness (QED) is 0.793. The molecule has 0 fully saturated rings. The van der Waals surface area contributed by atoms with Gasteiger partial charge >= 0.3 is 0 Å². The third kappa shape index (κ3) is 2.39. The fraction of sp³-hybridized carbons (Fsp3) is 0.133. The van der Waals surface area contributed by atoms with Crippen LogP contribution in [0.4, 0.5) is 5.69 Å². The summed E-state index contributed by atoms with van der Waals surface area (Å²) in [6, 6.07) is 11.8. The van der Waals surface area contributed by atoms with Gasteiger partial charge in [0.2, 0.25) is 5.56 Å². The van der Waals surface area contributed by atoms with Gasteiger partial charge in [0.25, 0.3) is 0 Å². The average molecular weight is 270 g/mol. The Labute approximate surface area is 115 Å². The highest BCUT2D eigenvalue weighted by atomic mass is 32.1. The van der Waals surface area contributed by atoms with E-state index in [4.69, 9.17) is 0 Å². The molecule has 3 aromatic rings. The molecule has 19 heavy (non-hydrogen) atoms. The maximum Gasteiger partial charge on any atom is 0.250 e. The predicted molar refractivity (Wildman–Crippen MR) is 80.8 cm³/mol. The minimum Gasteiger partial charge on any atom is -0.380 e. The molecule has 3 nitrogen and oxygen atoms in total. The summed E-state index contributed by atoms with van der Waals surface area (Å²) < 4.78 is 2.88. The Morgan fingerprint density at radius 1 is 1.21 bits per heavy atom. The Balaban J connectivity index is 1.82. The monoisotopic (exact) mass is 270 g/mol. The number of aryl methyl sites for hydroxylation is 1. The van der Waals surface area contributed by atoms with Crippen LogP contribution in [0.5, 0.6) is 0 Å². The molecular formula is C15H14N2OS. The Bertz CT molecular complexity index is 773. The molecule has 4 heteroatoms. The molecule has 0 aliphatic heterocycles. The van der Waals surface area contributed by atoms with Gasteiger partial charge in [-0.25, -0.2) is 0 Å². The number of hydrogen-bond acceptors (Lipinski definition) is 3. The number of nitrogens with one attached hydrogen (secondary N) is 1. The van der Waals surface area contributed by atoms with Gasteiger partial charge in [-0.3, -0.25) is 4.79 Å². The van der Waals surface area contributed by atoms with Crippen LogP contribution < -0.4 is 10.9 Å². The van der Waals surface area contributed by atoms with Gasteiger partial charge in [-0.15, -0.1) is 11.3 Å². The van der Waals surface area contributed by atoms with Gasteiger partial charge in [-0.2, -0.15) is 0 Å². The van der Waals surface area contributed by atoms with E-state index in [9.17, 15) is 4.79 Å². The van der Waals surface area contributed by atoms with Crippen molar-refractivity contribution in [2.75, 3.05) is 5.32 Å². The van der Waals surface area contributed by atoms with E-state index in [0.717, 1.165) is 12.2 Å². The molecule has 2 aromatic heterocycles. The van der Waals surface area contributed by atoms with E-state index >= 15 is 0 Å². The largest absolute Gasteiger partial charge is 0.380 e. The van der Waals surface area contributed by atoms with Gasteiger partial charge in [0.05, 0.1) is 5.69 Å². The van der Waals surface area contributed by atoms with Crippen molar-refractivity contribution in [1.29, 1.82) is 0 Å². The number of pyridine rings is 1. The number of nitrogens with zero attached hydrogens (tertiary/aromatic N) is 1. The molecule has 0 saturated heterocycles. The number of aromatic nitrogens is 1. The molecule has 0 bridgehead atoms. The van der Waals surface area contributed by atoms with E-state index < -0.39 is 0 Å². The molecule has 2 heterocycles. The lowest BCUT2D eigenvalue weighted by Crippen LogP contribution is -2.15. The van der Waals surface area contributed by atoms with Crippen LogP contribution in [0.2, 0.25) is 0 Å². The van der Waals surface area contributed by atoms with Gasteiger partial charge < -0.3 is 9.88 Å². The van der Waals surface area contributed by atoms with Crippen molar-refractivity contribution in [1.82, 2.24) is 4.57 Å². The normalized spacial score (nSPS) is 10.8. The number of anilines is 1. The Hall–Kier alpha value is -2.07. The fourth-order valence-corrected chi connectivity index (χ4v) is 3.03. The van der Waals surface area contributed by atoms with Crippen molar-refractivity contribution in [3.05, 3.63) is 63.9 Å². The number of rotatable bonds is 3. The van der Waals surface area contributed by atoms with E-state index in [0.29, 0.717) is 0 Å². The van der Waals surface area contributed by atoms with E-state index in [1.54, 1.807) is 29.0 Å². The van der Waals surface area contributed by atoms with Gasteiger partial charge in [0, 0.05) is 30.6 Å². The first-order chi connectivity index (χ1) is 9.24. The standard InChI is InChI=1S/C15H14N2OS/c1-17-9-12(6-7-15(17)18)16-8-11-10-19-14-5-3-2-4-13(11)14/h2-7,9-10,16H,8H2,1H3. The Morgan fingerprint density at radius 3 is 2.89 bits per heavy atom. The second-order valence-electron chi connectivity index (χ2n) is 4.48. The molecule has 3 rings (SSSR count). The van der Waals surface area contributed by atoms with E-state index in [2.05, 4.69) is 35.0 Å². The van der Waals surface area contributed by atoms with Crippen molar-refractivity contribution in [2.45, 2.75) is 6.54 Å². The lowest BCUT2D eigenvalue weighted by Gasteiger charge is -2.07. The molecule has 0 atom stereocenters. The summed E-state index contributed by atoms with van der Waals surface area (Å²) in [5, 5.41) is 6.83. The first-order valence-electron chi connectivity index (χ1n) is 6.10. The zero-order chi connectivity index (χ0) is 13.2. The molecule has 1 aromatic carbocycles. The van der Waals surface area contributed by atoms with Crippen molar-refractivity contribution in [2.24, 2.45) is 7.05 Å². The first kappa shape index (κ1) is 12.0. The summed E-state index contributed by atoms with van der Waals surface area (Å²) in [5.41, 5.74) is 2.25. The predicted octanol–water partition coefficient (Wildman–Crippen LogP) is 3.21. The molecule has 0 saturated carbocycles. The lowest BCUT2D eigenvalue weighted by molar-refractivity contribution is 0.859. The molecule has 0 spiro atoms. The molecule has 1 N–H and O–H groups in total. The Morgan fingerprint density at radius 2 is 2.05 bits per heavy atom. The highest BCUT2D eigenvalue weighted by molar-refractivity contribution is 7.17. The zero-order valence-corrected chi connectivity index (χ0v) is 11.4. The van der Waals surface area contributed by atoms with Crippen LogP contribution in [-0.2, 0) is 13.6 Å². The third-order valence-corrected chi connectivity index (χ3v) is 4.14. The molecule has 0 aliphatic carbocycles. The maximum atomic E-state index is 11.3. The van der Waals surface area contributed by atoms with Gasteiger partial charge in [0.1, 0.15) is 0 Å². The number of hydrogen-bond donors (Lipinski definition) is 1. The van der Waals surface area contributed by atoms with Crippen LogP contribution in [0, 0.1) is 0 Å². The van der Waals surface area contributed by atoms with Crippen molar-refractivity contribution < 1.29 is 0 Å². The fourth-order valence-electron chi connectivity index (χ4n) is 2.07. The summed E-state index contributed by atoms with van der Waals surface area (Å²) in [6.45, 7) is 0.766. The average Bonchev–Trinajstić information content (AvgIpc) is 2.83. The first-order valence-corrected chi connectivity index (χ1v) is 6.98. The molecule has 0 aliphatic rings. The smallest absolute Gasteiger partial charge is 0.250 e. The topological polar surface area (TPSA) is 34.0 Å². The van der Waals surface area contributed by atoms with Gasteiger partial charge in [0.15, 0.2) is 0 Å². The van der Waals surface area contributed by atoms with Crippen molar-refractivity contribution >= 4 is 27.1 Å².